The number of carbonyl (C=O) groups is 1. The SMILES string of the molecule is CS(=O)(=O)N1CC[C@@H]2C[C@@H](C(=O)NCc3ccc4c(c3)OCO4)[C@@H]2C1. The molecule has 3 atom stereocenters. The van der Waals surface area contributed by atoms with Crippen molar-refractivity contribution >= 4 is 15.9 Å². The van der Waals surface area contributed by atoms with Crippen molar-refractivity contribution in [2.45, 2.75) is 19.4 Å². The van der Waals surface area contributed by atoms with Gasteiger partial charge in [-0.1, -0.05) is 6.07 Å². The number of nitrogens with one attached hydrogen (secondary N) is 1. The number of ether oxygens (including phenoxy) is 2. The molecule has 1 N–H and O–H groups in total. The summed E-state index contributed by atoms with van der Waals surface area (Å²) in [5, 5.41) is 2.98. The number of hydrogen-bond acceptors (Lipinski definition) is 5. The number of amides is 1. The quantitative estimate of drug-likeness (QED) is 0.858. The Morgan fingerprint density at radius 2 is 2.12 bits per heavy atom. The van der Waals surface area contributed by atoms with Gasteiger partial charge in [0.2, 0.25) is 22.7 Å². The Bertz CT molecular complexity index is 794. The molecule has 0 bridgehead atoms. The third-order valence-electron chi connectivity index (χ3n) is 5.55. The molecule has 1 amide bonds. The topological polar surface area (TPSA) is 84.9 Å². The third kappa shape index (κ3) is 3.20. The van der Waals surface area contributed by atoms with Gasteiger partial charge in [0.05, 0.1) is 6.26 Å². The van der Waals surface area contributed by atoms with Crippen LogP contribution in [0.5, 0.6) is 11.5 Å². The van der Waals surface area contributed by atoms with Gasteiger partial charge in [0.15, 0.2) is 11.5 Å². The molecule has 1 saturated carbocycles. The van der Waals surface area contributed by atoms with Crippen LogP contribution in [-0.2, 0) is 21.4 Å². The zero-order valence-electron chi connectivity index (χ0n) is 14.1. The molecule has 0 unspecified atom stereocenters. The molecule has 7 nitrogen and oxygen atoms in total. The minimum atomic E-state index is -3.18. The van der Waals surface area contributed by atoms with Crippen molar-refractivity contribution in [3.8, 4) is 11.5 Å². The molecule has 4 rings (SSSR count). The van der Waals surface area contributed by atoms with Gasteiger partial charge in [-0.3, -0.25) is 4.79 Å². The third-order valence-corrected chi connectivity index (χ3v) is 6.82. The van der Waals surface area contributed by atoms with Gasteiger partial charge in [0.25, 0.3) is 0 Å². The van der Waals surface area contributed by atoms with Gasteiger partial charge in [-0.2, -0.15) is 0 Å². The number of rotatable bonds is 4. The fourth-order valence-corrected chi connectivity index (χ4v) is 4.91. The molecule has 8 heteroatoms. The number of fused-ring (bicyclic) bond motifs is 2. The predicted molar refractivity (Wildman–Crippen MR) is 90.5 cm³/mol. The van der Waals surface area contributed by atoms with Crippen LogP contribution in [0.3, 0.4) is 0 Å². The molecular formula is C17H22N2O5S. The average Bonchev–Trinajstić information content (AvgIpc) is 3.00. The molecule has 0 aromatic heterocycles. The van der Waals surface area contributed by atoms with Crippen molar-refractivity contribution in [2.24, 2.45) is 17.8 Å². The molecule has 0 radical (unpaired) electrons. The van der Waals surface area contributed by atoms with E-state index in [1.54, 1.807) is 0 Å². The molecule has 3 aliphatic rings. The molecule has 2 aliphatic heterocycles. The van der Waals surface area contributed by atoms with Crippen LogP contribution in [0.4, 0.5) is 0 Å². The number of sulfonamides is 1. The largest absolute Gasteiger partial charge is 0.454 e. The van der Waals surface area contributed by atoms with Gasteiger partial charge in [0, 0.05) is 25.6 Å². The molecule has 25 heavy (non-hydrogen) atoms. The van der Waals surface area contributed by atoms with Gasteiger partial charge in [0.1, 0.15) is 0 Å². The highest BCUT2D eigenvalue weighted by atomic mass is 32.2. The number of piperidine rings is 1. The van der Waals surface area contributed by atoms with Crippen LogP contribution in [0.25, 0.3) is 0 Å². The zero-order valence-corrected chi connectivity index (χ0v) is 14.9. The Morgan fingerprint density at radius 3 is 2.92 bits per heavy atom. The highest BCUT2D eigenvalue weighted by molar-refractivity contribution is 7.88. The lowest BCUT2D eigenvalue weighted by Crippen LogP contribution is -2.55. The fourth-order valence-electron chi connectivity index (χ4n) is 4.03. The van der Waals surface area contributed by atoms with E-state index >= 15 is 0 Å². The maximum absolute atomic E-state index is 12.5. The van der Waals surface area contributed by atoms with Gasteiger partial charge < -0.3 is 14.8 Å². The predicted octanol–water partition coefficient (Wildman–Crippen LogP) is 0.949. The minimum Gasteiger partial charge on any atom is -0.454 e. The van der Waals surface area contributed by atoms with E-state index in [1.807, 2.05) is 18.2 Å². The van der Waals surface area contributed by atoms with E-state index in [1.165, 1.54) is 10.6 Å². The Balaban J connectivity index is 1.34. The molecule has 2 heterocycles. The summed E-state index contributed by atoms with van der Waals surface area (Å²) >= 11 is 0. The van der Waals surface area contributed by atoms with Crippen molar-refractivity contribution in [1.82, 2.24) is 9.62 Å². The first-order valence-corrected chi connectivity index (χ1v) is 10.4. The number of benzene rings is 1. The lowest BCUT2D eigenvalue weighted by atomic mass is 9.61. The first-order valence-electron chi connectivity index (χ1n) is 8.53. The highest BCUT2D eigenvalue weighted by Gasteiger charge is 2.48. The summed E-state index contributed by atoms with van der Waals surface area (Å²) in [5.74, 6) is 1.95. The second-order valence-electron chi connectivity index (χ2n) is 7.08. The minimum absolute atomic E-state index is 0.00858. The van der Waals surface area contributed by atoms with Crippen LogP contribution in [0.1, 0.15) is 18.4 Å². The monoisotopic (exact) mass is 366 g/mol. The second kappa shape index (κ2) is 6.17. The van der Waals surface area contributed by atoms with Crippen molar-refractivity contribution < 1.29 is 22.7 Å². The highest BCUT2D eigenvalue weighted by Crippen LogP contribution is 2.46. The maximum atomic E-state index is 12.5. The molecule has 0 spiro atoms. The Morgan fingerprint density at radius 1 is 1.32 bits per heavy atom. The van der Waals surface area contributed by atoms with Crippen LogP contribution < -0.4 is 14.8 Å². The lowest BCUT2D eigenvalue weighted by Gasteiger charge is -2.49. The van der Waals surface area contributed by atoms with Crippen LogP contribution in [0, 0.1) is 17.8 Å². The summed E-state index contributed by atoms with van der Waals surface area (Å²) in [6.45, 7) is 1.70. The van der Waals surface area contributed by atoms with Crippen molar-refractivity contribution in [3.63, 3.8) is 0 Å². The molecular weight excluding hydrogens is 344 g/mol. The van der Waals surface area contributed by atoms with E-state index < -0.39 is 10.0 Å². The van der Waals surface area contributed by atoms with E-state index in [0.29, 0.717) is 31.3 Å². The van der Waals surface area contributed by atoms with Crippen LogP contribution >= 0.6 is 0 Å². The fraction of sp³-hybridized carbons (Fsp3) is 0.588. The van der Waals surface area contributed by atoms with Gasteiger partial charge in [-0.05, 0) is 42.4 Å². The van der Waals surface area contributed by atoms with Crippen LogP contribution in [0.15, 0.2) is 18.2 Å². The van der Waals surface area contributed by atoms with E-state index in [0.717, 1.165) is 24.2 Å². The first kappa shape index (κ1) is 16.7. The summed E-state index contributed by atoms with van der Waals surface area (Å²) in [7, 11) is -3.18. The van der Waals surface area contributed by atoms with Gasteiger partial charge in [-0.15, -0.1) is 0 Å². The summed E-state index contributed by atoms with van der Waals surface area (Å²) < 4.78 is 35.6. The van der Waals surface area contributed by atoms with Crippen LogP contribution in [0.2, 0.25) is 0 Å². The summed E-state index contributed by atoms with van der Waals surface area (Å²) in [6.07, 6.45) is 2.94. The smallest absolute Gasteiger partial charge is 0.231 e. The Labute approximate surface area is 147 Å². The normalized spacial score (nSPS) is 28.1. The summed E-state index contributed by atoms with van der Waals surface area (Å²) in [4.78, 5) is 12.5. The molecule has 1 saturated heterocycles. The molecule has 136 valence electrons. The average molecular weight is 366 g/mol. The second-order valence-corrected chi connectivity index (χ2v) is 9.06. The van der Waals surface area contributed by atoms with Crippen molar-refractivity contribution in [1.29, 1.82) is 0 Å². The van der Waals surface area contributed by atoms with Gasteiger partial charge in [-0.25, -0.2) is 12.7 Å². The molecule has 1 aromatic rings. The standard InChI is InChI=1S/C17H22N2O5S/c1-25(21,22)19-5-4-12-7-13(14(12)9-19)17(20)18-8-11-2-3-15-16(6-11)24-10-23-15/h2-3,6,12-14H,4-5,7-10H2,1H3,(H,18,20)/t12-,13-,14-/m1/s1. The number of hydrogen-bond donors (Lipinski definition) is 1. The van der Waals surface area contributed by atoms with Crippen LogP contribution in [-0.4, -0.2) is 44.8 Å². The van der Waals surface area contributed by atoms with E-state index in [-0.39, 0.29) is 24.5 Å². The first-order chi connectivity index (χ1) is 11.9. The van der Waals surface area contributed by atoms with E-state index in [2.05, 4.69) is 5.32 Å². The van der Waals surface area contributed by atoms with E-state index in [9.17, 15) is 13.2 Å². The van der Waals surface area contributed by atoms with Gasteiger partial charge >= 0.3 is 0 Å². The lowest BCUT2D eigenvalue weighted by molar-refractivity contribution is -0.135. The molecule has 2 fully saturated rings. The van der Waals surface area contributed by atoms with Crippen molar-refractivity contribution in [2.75, 3.05) is 26.1 Å². The number of carbonyl (C=O) groups excluding carboxylic acids is 1. The number of nitrogens with zero attached hydrogens (tertiary/aromatic N) is 1. The molecule has 1 aromatic carbocycles. The summed E-state index contributed by atoms with van der Waals surface area (Å²) in [5.41, 5.74) is 0.954. The van der Waals surface area contributed by atoms with Crippen molar-refractivity contribution in [3.05, 3.63) is 23.8 Å². The summed E-state index contributed by atoms with van der Waals surface area (Å²) in [6, 6.07) is 5.62. The zero-order chi connectivity index (χ0) is 17.6. The maximum Gasteiger partial charge on any atom is 0.231 e. The Kier molecular flexibility index (Phi) is 4.11. The Hall–Kier alpha value is -1.80. The van der Waals surface area contributed by atoms with E-state index in [4.69, 9.17) is 9.47 Å². The molecule has 1 aliphatic carbocycles.